The van der Waals surface area contributed by atoms with E-state index in [1.807, 2.05) is 4.57 Å². The van der Waals surface area contributed by atoms with Gasteiger partial charge in [-0.2, -0.15) is 0 Å². The van der Waals surface area contributed by atoms with Crippen molar-refractivity contribution in [1.82, 2.24) is 25.0 Å². The zero-order valence-corrected chi connectivity index (χ0v) is 10.3. The number of aromatic nitrogens is 3. The normalized spacial score (nSPS) is 14.0. The fourth-order valence-corrected chi connectivity index (χ4v) is 1.74. The van der Waals surface area contributed by atoms with E-state index >= 15 is 0 Å². The highest BCUT2D eigenvalue weighted by Gasteiger charge is 2.21. The van der Waals surface area contributed by atoms with Crippen molar-refractivity contribution in [3.8, 4) is 0 Å². The van der Waals surface area contributed by atoms with Crippen LogP contribution in [-0.4, -0.2) is 63.1 Å². The van der Waals surface area contributed by atoms with E-state index in [1.54, 1.807) is 11.2 Å². The van der Waals surface area contributed by atoms with Crippen LogP contribution < -0.4 is 5.32 Å². The molecular formula is C10H15N5O4. The van der Waals surface area contributed by atoms with Gasteiger partial charge in [0.25, 0.3) is 0 Å². The molecule has 2 heterocycles. The number of urea groups is 1. The maximum absolute atomic E-state index is 11.8. The summed E-state index contributed by atoms with van der Waals surface area (Å²) in [4.78, 5) is 23.6. The third-order valence-electron chi connectivity index (χ3n) is 2.67. The minimum atomic E-state index is -1.03. The second-order valence-electron chi connectivity index (χ2n) is 4.04. The number of carbonyl (C=O) groups excluding carboxylic acids is 1. The number of hydrogen-bond donors (Lipinski definition) is 2. The first-order valence-corrected chi connectivity index (χ1v) is 5.86. The third kappa shape index (κ3) is 3.65. The number of nitrogens with one attached hydrogen (secondary N) is 1. The van der Waals surface area contributed by atoms with Gasteiger partial charge in [-0.25, -0.2) is 9.59 Å². The molecular weight excluding hydrogens is 254 g/mol. The van der Waals surface area contributed by atoms with Crippen LogP contribution >= 0.6 is 0 Å². The van der Waals surface area contributed by atoms with E-state index in [2.05, 4.69) is 15.5 Å². The topological polar surface area (TPSA) is 110 Å². The number of ether oxygens (including phenoxy) is 1. The van der Waals surface area contributed by atoms with Crippen LogP contribution in [0.2, 0.25) is 0 Å². The van der Waals surface area contributed by atoms with Crippen LogP contribution in [0.15, 0.2) is 6.33 Å². The van der Waals surface area contributed by atoms with Crippen molar-refractivity contribution < 1.29 is 19.4 Å². The molecule has 0 saturated carbocycles. The lowest BCUT2D eigenvalue weighted by molar-refractivity contribution is -0.142. The molecule has 1 aliphatic rings. The highest BCUT2D eigenvalue weighted by Crippen LogP contribution is 2.08. The molecule has 104 valence electrons. The Morgan fingerprint density at radius 2 is 2.32 bits per heavy atom. The Balaban J connectivity index is 1.68. The second-order valence-corrected chi connectivity index (χ2v) is 4.04. The molecule has 0 aromatic carbocycles. The molecule has 0 saturated heterocycles. The van der Waals surface area contributed by atoms with Gasteiger partial charge in [0.1, 0.15) is 12.9 Å². The predicted molar refractivity (Wildman–Crippen MR) is 62.3 cm³/mol. The largest absolute Gasteiger partial charge is 0.480 e. The quantitative estimate of drug-likeness (QED) is 0.657. The molecule has 0 atom stereocenters. The molecule has 0 unspecified atom stereocenters. The monoisotopic (exact) mass is 269 g/mol. The molecule has 9 heteroatoms. The van der Waals surface area contributed by atoms with E-state index in [0.29, 0.717) is 19.6 Å². The van der Waals surface area contributed by atoms with Gasteiger partial charge in [-0.1, -0.05) is 0 Å². The first-order valence-electron chi connectivity index (χ1n) is 5.86. The van der Waals surface area contributed by atoms with Crippen LogP contribution in [0.4, 0.5) is 4.79 Å². The van der Waals surface area contributed by atoms with Crippen LogP contribution in [0, 0.1) is 0 Å². The summed E-state index contributed by atoms with van der Waals surface area (Å²) in [5.41, 5.74) is 0. The molecule has 0 aliphatic carbocycles. The van der Waals surface area contributed by atoms with Crippen LogP contribution in [0.25, 0.3) is 0 Å². The summed E-state index contributed by atoms with van der Waals surface area (Å²) in [5, 5.41) is 18.7. The zero-order chi connectivity index (χ0) is 13.7. The third-order valence-corrected chi connectivity index (χ3v) is 2.67. The summed E-state index contributed by atoms with van der Waals surface area (Å²) in [6.07, 6.45) is 1.64. The molecule has 0 fully saturated rings. The molecule has 2 rings (SSSR count). The van der Waals surface area contributed by atoms with Crippen molar-refractivity contribution in [1.29, 1.82) is 0 Å². The zero-order valence-electron chi connectivity index (χ0n) is 10.3. The number of carboxylic acids is 1. The van der Waals surface area contributed by atoms with E-state index in [-0.39, 0.29) is 25.8 Å². The Kier molecular flexibility index (Phi) is 4.29. The van der Waals surface area contributed by atoms with Gasteiger partial charge in [0, 0.05) is 19.6 Å². The number of fused-ring (bicyclic) bond motifs is 1. The first kappa shape index (κ1) is 13.3. The van der Waals surface area contributed by atoms with E-state index in [4.69, 9.17) is 9.84 Å². The maximum atomic E-state index is 11.8. The van der Waals surface area contributed by atoms with Gasteiger partial charge in [-0.15, -0.1) is 10.2 Å². The summed E-state index contributed by atoms with van der Waals surface area (Å²) in [7, 11) is 0. The van der Waals surface area contributed by atoms with Crippen molar-refractivity contribution >= 4 is 12.0 Å². The van der Waals surface area contributed by atoms with Gasteiger partial charge in [-0.05, 0) is 0 Å². The molecule has 0 spiro atoms. The van der Waals surface area contributed by atoms with Gasteiger partial charge in [0.05, 0.1) is 13.2 Å². The average Bonchev–Trinajstić information content (AvgIpc) is 2.84. The fraction of sp³-hybridized carbons (Fsp3) is 0.600. The van der Waals surface area contributed by atoms with E-state index in [9.17, 15) is 9.59 Å². The summed E-state index contributed by atoms with van der Waals surface area (Å²) >= 11 is 0. The molecule has 2 amide bonds. The van der Waals surface area contributed by atoms with E-state index in [0.717, 1.165) is 5.82 Å². The lowest BCUT2D eigenvalue weighted by Gasteiger charge is -2.27. The summed E-state index contributed by atoms with van der Waals surface area (Å²) < 4.78 is 6.72. The van der Waals surface area contributed by atoms with Gasteiger partial charge >= 0.3 is 12.0 Å². The molecule has 0 bridgehead atoms. The van der Waals surface area contributed by atoms with Crippen molar-refractivity contribution in [2.24, 2.45) is 0 Å². The Labute approximate surface area is 109 Å². The molecule has 0 radical (unpaired) electrons. The first-order chi connectivity index (χ1) is 9.16. The Bertz CT molecular complexity index is 461. The standard InChI is InChI=1S/C10H15N5O4/c16-9(17)6-19-4-1-11-10(18)14-2-3-15-7-12-13-8(15)5-14/h7H,1-6H2,(H,11,18)(H,16,17). The van der Waals surface area contributed by atoms with Gasteiger partial charge in [-0.3, -0.25) is 0 Å². The van der Waals surface area contributed by atoms with Gasteiger partial charge in [0.15, 0.2) is 5.82 Å². The molecule has 1 aliphatic heterocycles. The van der Waals surface area contributed by atoms with E-state index in [1.165, 1.54) is 0 Å². The number of carboxylic acid groups (broad SMARTS) is 1. The lowest BCUT2D eigenvalue weighted by atomic mass is 10.4. The van der Waals surface area contributed by atoms with Crippen molar-refractivity contribution in [2.45, 2.75) is 13.1 Å². The lowest BCUT2D eigenvalue weighted by Crippen LogP contribution is -2.45. The highest BCUT2D eigenvalue weighted by atomic mass is 16.5. The average molecular weight is 269 g/mol. The number of carbonyl (C=O) groups is 2. The number of nitrogens with zero attached hydrogens (tertiary/aromatic N) is 4. The van der Waals surface area contributed by atoms with Crippen molar-refractivity contribution in [3.05, 3.63) is 12.2 Å². The van der Waals surface area contributed by atoms with Crippen molar-refractivity contribution in [3.63, 3.8) is 0 Å². The second kappa shape index (κ2) is 6.14. The van der Waals surface area contributed by atoms with Crippen LogP contribution in [-0.2, 0) is 22.6 Å². The van der Waals surface area contributed by atoms with Crippen molar-refractivity contribution in [2.75, 3.05) is 26.3 Å². The summed E-state index contributed by atoms with van der Waals surface area (Å²) in [6.45, 7) is 1.76. The molecule has 2 N–H and O–H groups in total. The van der Waals surface area contributed by atoms with Gasteiger partial charge < -0.3 is 24.6 Å². The summed E-state index contributed by atoms with van der Waals surface area (Å²) in [5.74, 6) is -0.273. The Morgan fingerprint density at radius 3 is 3.11 bits per heavy atom. The fourth-order valence-electron chi connectivity index (χ4n) is 1.74. The predicted octanol–water partition coefficient (Wildman–Crippen LogP) is -1.10. The molecule has 1 aromatic heterocycles. The number of hydrogen-bond acceptors (Lipinski definition) is 5. The molecule has 9 nitrogen and oxygen atoms in total. The maximum Gasteiger partial charge on any atom is 0.329 e. The Hall–Kier alpha value is -2.16. The summed E-state index contributed by atoms with van der Waals surface area (Å²) in [6, 6.07) is -0.215. The highest BCUT2D eigenvalue weighted by molar-refractivity contribution is 5.74. The SMILES string of the molecule is O=C(O)COCCNC(=O)N1CCn2cnnc2C1. The molecule has 1 aromatic rings. The van der Waals surface area contributed by atoms with E-state index < -0.39 is 5.97 Å². The smallest absolute Gasteiger partial charge is 0.329 e. The van der Waals surface area contributed by atoms with Crippen LogP contribution in [0.3, 0.4) is 0 Å². The minimum Gasteiger partial charge on any atom is -0.480 e. The van der Waals surface area contributed by atoms with Gasteiger partial charge in [0.2, 0.25) is 0 Å². The number of rotatable bonds is 5. The van der Waals surface area contributed by atoms with Crippen LogP contribution in [0.5, 0.6) is 0 Å². The number of amides is 2. The molecule has 19 heavy (non-hydrogen) atoms. The minimum absolute atomic E-state index is 0.169. The Morgan fingerprint density at radius 1 is 1.47 bits per heavy atom. The number of aliphatic carboxylic acids is 1. The van der Waals surface area contributed by atoms with Crippen LogP contribution in [0.1, 0.15) is 5.82 Å².